The molecule has 128 valence electrons. The molecule has 0 saturated heterocycles. The van der Waals surface area contributed by atoms with Crippen LogP contribution >= 0.6 is 0 Å². The maximum atomic E-state index is 11.7. The smallest absolute Gasteiger partial charge is 0.136 e. The van der Waals surface area contributed by atoms with Crippen LogP contribution in [0.2, 0.25) is 0 Å². The van der Waals surface area contributed by atoms with Gasteiger partial charge >= 0.3 is 0 Å². The van der Waals surface area contributed by atoms with Gasteiger partial charge in [-0.1, -0.05) is 95.9 Å². The number of unbranched alkanes of at least 4 members (excludes halogenated alkanes) is 10. The first-order valence-corrected chi connectivity index (χ1v) is 9.64. The van der Waals surface area contributed by atoms with E-state index >= 15 is 0 Å². The van der Waals surface area contributed by atoms with Crippen LogP contribution in [-0.4, -0.2) is 5.78 Å². The molecule has 0 radical (unpaired) electrons. The monoisotopic (exact) mass is 306 g/mol. The first-order chi connectivity index (χ1) is 10.8. The second-order valence-electron chi connectivity index (χ2n) is 6.32. The number of hydrogen-bond acceptors (Lipinski definition) is 1. The molecule has 1 nitrogen and oxygen atoms in total. The molecule has 0 aliphatic carbocycles. The summed E-state index contributed by atoms with van der Waals surface area (Å²) in [6.45, 7) is 4.48. The molecule has 22 heavy (non-hydrogen) atoms. The molecular formula is C21H38O. The van der Waals surface area contributed by atoms with Gasteiger partial charge in [-0.3, -0.25) is 4.79 Å². The Morgan fingerprint density at radius 1 is 0.682 bits per heavy atom. The Bertz CT molecular complexity index is 288. The van der Waals surface area contributed by atoms with Crippen molar-refractivity contribution in [3.8, 4) is 0 Å². The Balaban J connectivity index is 3.35. The van der Waals surface area contributed by atoms with E-state index in [0.717, 1.165) is 19.3 Å². The third-order valence-electron chi connectivity index (χ3n) is 4.01. The zero-order valence-corrected chi connectivity index (χ0v) is 15.1. The van der Waals surface area contributed by atoms with Crippen molar-refractivity contribution in [2.75, 3.05) is 0 Å². The maximum absolute atomic E-state index is 11.7. The summed E-state index contributed by atoms with van der Waals surface area (Å²) in [6, 6.07) is 0. The third kappa shape index (κ3) is 17.2. The van der Waals surface area contributed by atoms with Gasteiger partial charge in [-0.15, -0.1) is 0 Å². The van der Waals surface area contributed by atoms with Crippen LogP contribution in [0.15, 0.2) is 24.3 Å². The molecule has 0 unspecified atom stereocenters. The number of carbonyl (C=O) groups excluding carboxylic acids is 1. The summed E-state index contributed by atoms with van der Waals surface area (Å²) in [5.41, 5.74) is 0. The van der Waals surface area contributed by atoms with Gasteiger partial charge in [-0.2, -0.15) is 0 Å². The molecule has 0 bridgehead atoms. The van der Waals surface area contributed by atoms with Crippen molar-refractivity contribution in [3.63, 3.8) is 0 Å². The fourth-order valence-electron chi connectivity index (χ4n) is 2.52. The average Bonchev–Trinajstić information content (AvgIpc) is 2.52. The highest BCUT2D eigenvalue weighted by Crippen LogP contribution is 2.10. The van der Waals surface area contributed by atoms with Gasteiger partial charge in [0.1, 0.15) is 5.78 Å². The summed E-state index contributed by atoms with van der Waals surface area (Å²) in [4.78, 5) is 11.7. The number of rotatable bonds is 16. The molecule has 0 aromatic rings. The molecule has 0 aromatic heterocycles. The number of Topliss-reactive ketones (excluding diaryl/α,β-unsaturated/α-hetero) is 1. The molecular weight excluding hydrogens is 268 g/mol. The minimum Gasteiger partial charge on any atom is -0.299 e. The van der Waals surface area contributed by atoms with E-state index in [4.69, 9.17) is 0 Å². The average molecular weight is 307 g/mol. The molecule has 0 aliphatic heterocycles. The quantitative estimate of drug-likeness (QED) is 0.218. The Morgan fingerprint density at radius 3 is 1.91 bits per heavy atom. The highest BCUT2D eigenvalue weighted by molar-refractivity contribution is 5.79. The van der Waals surface area contributed by atoms with E-state index in [9.17, 15) is 4.79 Å². The van der Waals surface area contributed by atoms with E-state index in [1.165, 1.54) is 64.2 Å². The molecule has 0 aliphatic rings. The van der Waals surface area contributed by atoms with Gasteiger partial charge in [0, 0.05) is 12.8 Å². The largest absolute Gasteiger partial charge is 0.299 e. The fourth-order valence-corrected chi connectivity index (χ4v) is 2.52. The van der Waals surface area contributed by atoms with E-state index < -0.39 is 0 Å². The zero-order chi connectivity index (χ0) is 16.3. The van der Waals surface area contributed by atoms with Crippen LogP contribution in [0, 0.1) is 0 Å². The molecule has 0 heterocycles. The standard InChI is InChI=1S/C21H38O/c1-3-5-7-9-11-13-15-17-19-21(22)20-18-16-14-12-10-8-6-4-2/h11,13,15,17H,3-10,12,14,16,18-20H2,1-2H3/b13-11+,17-15+. The lowest BCUT2D eigenvalue weighted by Gasteiger charge is -2.00. The number of ketones is 1. The lowest BCUT2D eigenvalue weighted by Crippen LogP contribution is -1.95. The van der Waals surface area contributed by atoms with E-state index in [0.29, 0.717) is 12.2 Å². The third-order valence-corrected chi connectivity index (χ3v) is 4.01. The summed E-state index contributed by atoms with van der Waals surface area (Å²) in [6.07, 6.45) is 25.1. The first-order valence-electron chi connectivity index (χ1n) is 9.64. The van der Waals surface area contributed by atoms with Gasteiger partial charge in [0.25, 0.3) is 0 Å². The Kier molecular flexibility index (Phi) is 17.5. The number of hydrogen-bond donors (Lipinski definition) is 0. The van der Waals surface area contributed by atoms with Crippen LogP contribution < -0.4 is 0 Å². The zero-order valence-electron chi connectivity index (χ0n) is 15.1. The highest BCUT2D eigenvalue weighted by Gasteiger charge is 1.98. The van der Waals surface area contributed by atoms with Crippen LogP contribution in [-0.2, 0) is 4.79 Å². The Morgan fingerprint density at radius 2 is 1.23 bits per heavy atom. The predicted molar refractivity (Wildman–Crippen MR) is 99.3 cm³/mol. The fraction of sp³-hybridized carbons (Fsp3) is 0.762. The van der Waals surface area contributed by atoms with Crippen LogP contribution in [0.1, 0.15) is 104 Å². The minimum absolute atomic E-state index is 0.390. The van der Waals surface area contributed by atoms with E-state index in [1.54, 1.807) is 0 Å². The molecule has 0 atom stereocenters. The van der Waals surface area contributed by atoms with Crippen molar-refractivity contribution in [2.45, 2.75) is 104 Å². The van der Waals surface area contributed by atoms with Gasteiger partial charge in [0.2, 0.25) is 0 Å². The summed E-state index contributed by atoms with van der Waals surface area (Å²) in [5, 5.41) is 0. The first kappa shape index (κ1) is 21.1. The summed E-state index contributed by atoms with van der Waals surface area (Å²) in [5.74, 6) is 0.390. The minimum atomic E-state index is 0.390. The molecule has 0 saturated carbocycles. The topological polar surface area (TPSA) is 17.1 Å². The molecule has 1 heteroatoms. The molecule has 0 amide bonds. The summed E-state index contributed by atoms with van der Waals surface area (Å²) < 4.78 is 0. The SMILES string of the molecule is CCCCC/C=C/C=C/CC(=O)CCCCCCCCCC. The predicted octanol–water partition coefficient (Wildman–Crippen LogP) is 7.17. The second-order valence-corrected chi connectivity index (χ2v) is 6.32. The van der Waals surface area contributed by atoms with Crippen LogP contribution in [0.5, 0.6) is 0 Å². The van der Waals surface area contributed by atoms with Crippen LogP contribution in [0.25, 0.3) is 0 Å². The van der Waals surface area contributed by atoms with Gasteiger partial charge in [0.15, 0.2) is 0 Å². The Labute approximate surface area is 139 Å². The maximum Gasteiger partial charge on any atom is 0.136 e. The van der Waals surface area contributed by atoms with Crippen molar-refractivity contribution in [1.82, 2.24) is 0 Å². The molecule has 0 aromatic carbocycles. The van der Waals surface area contributed by atoms with Gasteiger partial charge < -0.3 is 0 Å². The Hall–Kier alpha value is -0.850. The van der Waals surface area contributed by atoms with Gasteiger partial charge in [-0.25, -0.2) is 0 Å². The van der Waals surface area contributed by atoms with Crippen molar-refractivity contribution < 1.29 is 4.79 Å². The molecule has 0 fully saturated rings. The van der Waals surface area contributed by atoms with Crippen molar-refractivity contribution in [1.29, 1.82) is 0 Å². The van der Waals surface area contributed by atoms with Crippen molar-refractivity contribution in [3.05, 3.63) is 24.3 Å². The van der Waals surface area contributed by atoms with Gasteiger partial charge in [0.05, 0.1) is 0 Å². The van der Waals surface area contributed by atoms with Crippen molar-refractivity contribution in [2.24, 2.45) is 0 Å². The summed E-state index contributed by atoms with van der Waals surface area (Å²) >= 11 is 0. The number of allylic oxidation sites excluding steroid dienone is 4. The van der Waals surface area contributed by atoms with Crippen LogP contribution in [0.4, 0.5) is 0 Å². The van der Waals surface area contributed by atoms with E-state index in [1.807, 2.05) is 12.2 Å². The van der Waals surface area contributed by atoms with Crippen molar-refractivity contribution >= 4 is 5.78 Å². The number of carbonyl (C=O) groups is 1. The lowest BCUT2D eigenvalue weighted by molar-refractivity contribution is -0.118. The molecule has 0 rings (SSSR count). The van der Waals surface area contributed by atoms with Gasteiger partial charge in [-0.05, 0) is 19.3 Å². The highest BCUT2D eigenvalue weighted by atomic mass is 16.1. The van der Waals surface area contributed by atoms with Crippen LogP contribution in [0.3, 0.4) is 0 Å². The van der Waals surface area contributed by atoms with E-state index in [2.05, 4.69) is 26.0 Å². The summed E-state index contributed by atoms with van der Waals surface area (Å²) in [7, 11) is 0. The van der Waals surface area contributed by atoms with E-state index in [-0.39, 0.29) is 0 Å². The lowest BCUT2D eigenvalue weighted by atomic mass is 10.1. The normalized spacial score (nSPS) is 11.7. The molecule has 0 spiro atoms. The second kappa shape index (κ2) is 18.2. The molecule has 0 N–H and O–H groups in total.